The Hall–Kier alpha value is -2.63. The molecule has 0 amide bonds. The molecule has 150 valence electrons. The van der Waals surface area contributed by atoms with Crippen LogP contribution in [0.1, 0.15) is 24.8 Å². The van der Waals surface area contributed by atoms with E-state index in [0.717, 1.165) is 43.9 Å². The number of hydrogen-bond donors (Lipinski definition) is 1. The first-order valence-electron chi connectivity index (χ1n) is 10.0. The van der Waals surface area contributed by atoms with E-state index < -0.39 is 0 Å². The maximum absolute atomic E-state index is 12.6. The summed E-state index contributed by atoms with van der Waals surface area (Å²) in [5.74, 6) is 0. The molecule has 0 fully saturated rings. The van der Waals surface area contributed by atoms with Gasteiger partial charge in [-0.15, -0.1) is 0 Å². The highest BCUT2D eigenvalue weighted by Crippen LogP contribution is 2.23. The molecule has 0 saturated heterocycles. The van der Waals surface area contributed by atoms with Crippen molar-refractivity contribution < 1.29 is 0 Å². The second-order valence-electron chi connectivity index (χ2n) is 7.43. The number of fused-ring (bicyclic) bond motifs is 1. The predicted octanol–water partition coefficient (Wildman–Crippen LogP) is 3.91. The number of unbranched alkanes of at least 4 members (excludes halogenated alkanes) is 1. The van der Waals surface area contributed by atoms with Crippen LogP contribution < -0.4 is 11.2 Å². The van der Waals surface area contributed by atoms with Gasteiger partial charge in [-0.25, -0.2) is 4.79 Å². The average Bonchev–Trinajstić information content (AvgIpc) is 2.74. The molecule has 1 aliphatic rings. The van der Waals surface area contributed by atoms with Gasteiger partial charge in [0, 0.05) is 24.7 Å². The van der Waals surface area contributed by atoms with E-state index in [-0.39, 0.29) is 11.2 Å². The van der Waals surface area contributed by atoms with E-state index in [1.807, 2.05) is 24.3 Å². The summed E-state index contributed by atoms with van der Waals surface area (Å²) in [6.45, 7) is 3.35. The summed E-state index contributed by atoms with van der Waals surface area (Å²) < 4.78 is 1.32. The van der Waals surface area contributed by atoms with Crippen molar-refractivity contribution in [2.45, 2.75) is 25.8 Å². The molecule has 0 aliphatic carbocycles. The Morgan fingerprint density at radius 3 is 2.48 bits per heavy atom. The third kappa shape index (κ3) is 4.52. The molecule has 3 aromatic rings. The van der Waals surface area contributed by atoms with Gasteiger partial charge in [-0.3, -0.25) is 14.3 Å². The highest BCUT2D eigenvalue weighted by atomic mass is 35.5. The molecular formula is C23H24ClN3O2. The number of nitrogens with one attached hydrogen (secondary N) is 1. The Morgan fingerprint density at radius 1 is 0.966 bits per heavy atom. The van der Waals surface area contributed by atoms with Crippen molar-refractivity contribution in [3.05, 3.63) is 86.0 Å². The first-order valence-corrected chi connectivity index (χ1v) is 10.4. The van der Waals surface area contributed by atoms with Gasteiger partial charge in [-0.2, -0.15) is 0 Å². The van der Waals surface area contributed by atoms with Gasteiger partial charge in [0.15, 0.2) is 0 Å². The molecular weight excluding hydrogens is 386 g/mol. The topological polar surface area (TPSA) is 58.1 Å². The van der Waals surface area contributed by atoms with Crippen LogP contribution in [0.3, 0.4) is 0 Å². The predicted molar refractivity (Wildman–Crippen MR) is 119 cm³/mol. The normalized spacial score (nSPS) is 14.9. The molecule has 1 N–H and O–H groups in total. The number of aromatic amines is 1. The molecule has 4 rings (SSSR count). The Kier molecular flexibility index (Phi) is 5.97. The van der Waals surface area contributed by atoms with E-state index >= 15 is 0 Å². The van der Waals surface area contributed by atoms with Gasteiger partial charge in [0.25, 0.3) is 5.56 Å². The Balaban J connectivity index is 1.31. The van der Waals surface area contributed by atoms with E-state index in [2.05, 4.69) is 28.1 Å². The van der Waals surface area contributed by atoms with Crippen molar-refractivity contribution in [1.29, 1.82) is 0 Å². The monoisotopic (exact) mass is 409 g/mol. The van der Waals surface area contributed by atoms with E-state index in [4.69, 9.17) is 11.6 Å². The first-order chi connectivity index (χ1) is 14.1. The summed E-state index contributed by atoms with van der Waals surface area (Å²) >= 11 is 5.97. The lowest BCUT2D eigenvalue weighted by Gasteiger charge is -2.26. The van der Waals surface area contributed by atoms with Crippen molar-refractivity contribution in [2.24, 2.45) is 0 Å². The highest BCUT2D eigenvalue weighted by Gasteiger charge is 2.13. The molecule has 5 nitrogen and oxygen atoms in total. The van der Waals surface area contributed by atoms with Gasteiger partial charge < -0.3 is 4.98 Å². The van der Waals surface area contributed by atoms with Crippen LogP contribution in [0.15, 0.2) is 64.2 Å². The molecule has 0 bridgehead atoms. The van der Waals surface area contributed by atoms with E-state index in [0.29, 0.717) is 17.4 Å². The molecule has 6 heteroatoms. The fourth-order valence-corrected chi connectivity index (χ4v) is 3.97. The van der Waals surface area contributed by atoms with Crippen molar-refractivity contribution in [3.63, 3.8) is 0 Å². The summed E-state index contributed by atoms with van der Waals surface area (Å²) in [5, 5.41) is 1.32. The van der Waals surface area contributed by atoms with Gasteiger partial charge in [0.2, 0.25) is 0 Å². The number of rotatable bonds is 6. The third-order valence-corrected chi connectivity index (χ3v) is 5.76. The van der Waals surface area contributed by atoms with Crippen LogP contribution in [0.25, 0.3) is 16.5 Å². The number of benzene rings is 2. The molecule has 2 heterocycles. The Bertz CT molecular complexity index is 1150. The minimum atomic E-state index is -0.331. The zero-order valence-electron chi connectivity index (χ0n) is 16.2. The van der Waals surface area contributed by atoms with E-state index in [9.17, 15) is 9.59 Å². The minimum Gasteiger partial charge on any atom is -0.307 e. The minimum absolute atomic E-state index is 0.210. The first kappa shape index (κ1) is 19.7. The standard InChI is InChI=1S/C23H24ClN3O2/c24-19-9-7-17(8-10-19)18-11-15-26(16-12-18)13-3-4-14-27-22(28)20-5-1-2-6-21(20)25-23(27)29/h1-2,5-11H,3-4,12-16H2,(H,25,29). The van der Waals surface area contributed by atoms with Gasteiger partial charge in [0.05, 0.1) is 10.9 Å². The van der Waals surface area contributed by atoms with E-state index in [1.54, 1.807) is 12.1 Å². The van der Waals surface area contributed by atoms with E-state index in [1.165, 1.54) is 15.7 Å². The van der Waals surface area contributed by atoms with Crippen molar-refractivity contribution in [1.82, 2.24) is 14.5 Å². The fourth-order valence-electron chi connectivity index (χ4n) is 3.85. The quantitative estimate of drug-likeness (QED) is 0.628. The SMILES string of the molecule is O=c1[nH]c2ccccc2c(=O)n1CCCCN1CC=C(c2ccc(Cl)cc2)CC1. The average molecular weight is 410 g/mol. The summed E-state index contributed by atoms with van der Waals surface area (Å²) in [4.78, 5) is 30.0. The number of halogens is 1. The van der Waals surface area contributed by atoms with Gasteiger partial charge in [-0.05, 0) is 61.2 Å². The van der Waals surface area contributed by atoms with Crippen LogP contribution in [0.4, 0.5) is 0 Å². The molecule has 0 spiro atoms. The third-order valence-electron chi connectivity index (χ3n) is 5.50. The van der Waals surface area contributed by atoms with Gasteiger partial charge in [0.1, 0.15) is 0 Å². The van der Waals surface area contributed by atoms with Crippen LogP contribution in [0, 0.1) is 0 Å². The number of H-pyrrole nitrogens is 1. The second-order valence-corrected chi connectivity index (χ2v) is 7.86. The lowest BCUT2D eigenvalue weighted by atomic mass is 9.99. The lowest BCUT2D eigenvalue weighted by molar-refractivity contribution is 0.292. The summed E-state index contributed by atoms with van der Waals surface area (Å²) in [6.07, 6.45) is 5.05. The summed E-state index contributed by atoms with van der Waals surface area (Å²) in [5.41, 5.74) is 2.66. The Labute approximate surface area is 174 Å². The lowest BCUT2D eigenvalue weighted by Crippen LogP contribution is -2.35. The largest absolute Gasteiger partial charge is 0.328 e. The van der Waals surface area contributed by atoms with Crippen LogP contribution in [0.5, 0.6) is 0 Å². The van der Waals surface area contributed by atoms with Crippen LogP contribution in [-0.2, 0) is 6.54 Å². The van der Waals surface area contributed by atoms with Gasteiger partial charge in [-0.1, -0.05) is 41.9 Å². The maximum atomic E-state index is 12.6. The van der Waals surface area contributed by atoms with Crippen LogP contribution in [0.2, 0.25) is 5.02 Å². The molecule has 1 aliphatic heterocycles. The smallest absolute Gasteiger partial charge is 0.307 e. The zero-order chi connectivity index (χ0) is 20.2. The number of aromatic nitrogens is 2. The highest BCUT2D eigenvalue weighted by molar-refractivity contribution is 6.30. The molecule has 0 unspecified atom stereocenters. The van der Waals surface area contributed by atoms with Gasteiger partial charge >= 0.3 is 5.69 Å². The van der Waals surface area contributed by atoms with Crippen molar-refractivity contribution >= 4 is 28.1 Å². The van der Waals surface area contributed by atoms with Crippen LogP contribution in [-0.4, -0.2) is 34.1 Å². The Morgan fingerprint density at radius 2 is 1.72 bits per heavy atom. The van der Waals surface area contributed by atoms with Crippen molar-refractivity contribution in [3.8, 4) is 0 Å². The number of nitrogens with zero attached hydrogens (tertiary/aromatic N) is 2. The van der Waals surface area contributed by atoms with Crippen LogP contribution >= 0.6 is 11.6 Å². The molecule has 29 heavy (non-hydrogen) atoms. The fraction of sp³-hybridized carbons (Fsp3) is 0.304. The molecule has 1 aromatic heterocycles. The summed E-state index contributed by atoms with van der Waals surface area (Å²) in [6, 6.07) is 15.1. The zero-order valence-corrected chi connectivity index (χ0v) is 17.0. The summed E-state index contributed by atoms with van der Waals surface area (Å²) in [7, 11) is 0. The molecule has 0 radical (unpaired) electrons. The molecule has 0 atom stereocenters. The molecule has 2 aromatic carbocycles. The molecule has 0 saturated carbocycles. The second kappa shape index (κ2) is 8.80. The van der Waals surface area contributed by atoms with Crippen molar-refractivity contribution in [2.75, 3.05) is 19.6 Å². The number of hydrogen-bond acceptors (Lipinski definition) is 3. The number of para-hydroxylation sites is 1. The maximum Gasteiger partial charge on any atom is 0.328 e.